The molecule has 0 aliphatic heterocycles. The molecule has 0 amide bonds. The van der Waals surface area contributed by atoms with Crippen LogP contribution in [-0.2, 0) is 0 Å². The molecule has 16 heavy (non-hydrogen) atoms. The zero-order valence-corrected chi connectivity index (χ0v) is 9.90. The molecule has 1 aromatic rings. The van der Waals surface area contributed by atoms with Gasteiger partial charge in [-0.3, -0.25) is 0 Å². The SMILES string of the molecule is CN(C)CCCCNc1ccc(C#N)cn1. The van der Waals surface area contributed by atoms with Gasteiger partial charge in [0, 0.05) is 12.7 Å². The number of hydrogen-bond acceptors (Lipinski definition) is 4. The van der Waals surface area contributed by atoms with Crippen molar-refractivity contribution in [3.63, 3.8) is 0 Å². The van der Waals surface area contributed by atoms with Crippen molar-refractivity contribution >= 4 is 5.82 Å². The highest BCUT2D eigenvalue weighted by Crippen LogP contribution is 2.04. The summed E-state index contributed by atoms with van der Waals surface area (Å²) in [7, 11) is 4.16. The van der Waals surface area contributed by atoms with E-state index < -0.39 is 0 Å². The van der Waals surface area contributed by atoms with Crippen LogP contribution in [0.2, 0.25) is 0 Å². The molecule has 0 radical (unpaired) electrons. The van der Waals surface area contributed by atoms with E-state index in [0.29, 0.717) is 5.56 Å². The molecular weight excluding hydrogens is 200 g/mol. The second kappa shape index (κ2) is 6.81. The molecule has 0 bridgehead atoms. The van der Waals surface area contributed by atoms with Crippen LogP contribution in [0.1, 0.15) is 18.4 Å². The minimum Gasteiger partial charge on any atom is -0.370 e. The number of nitrogens with one attached hydrogen (secondary N) is 1. The van der Waals surface area contributed by atoms with Gasteiger partial charge in [0.1, 0.15) is 11.9 Å². The number of nitrogens with zero attached hydrogens (tertiary/aromatic N) is 3. The number of aromatic nitrogens is 1. The van der Waals surface area contributed by atoms with Gasteiger partial charge in [-0.2, -0.15) is 5.26 Å². The first-order valence-corrected chi connectivity index (χ1v) is 5.47. The van der Waals surface area contributed by atoms with Crippen molar-refractivity contribution in [3.05, 3.63) is 23.9 Å². The summed E-state index contributed by atoms with van der Waals surface area (Å²) >= 11 is 0. The predicted molar refractivity (Wildman–Crippen MR) is 65.2 cm³/mol. The van der Waals surface area contributed by atoms with Gasteiger partial charge in [-0.25, -0.2) is 4.98 Å². The van der Waals surface area contributed by atoms with Crippen LogP contribution in [0.15, 0.2) is 18.3 Å². The summed E-state index contributed by atoms with van der Waals surface area (Å²) in [4.78, 5) is 6.32. The molecule has 1 rings (SSSR count). The monoisotopic (exact) mass is 218 g/mol. The van der Waals surface area contributed by atoms with Crippen LogP contribution < -0.4 is 5.32 Å². The summed E-state index contributed by atoms with van der Waals surface area (Å²) in [6.45, 7) is 2.04. The van der Waals surface area contributed by atoms with Gasteiger partial charge in [0.15, 0.2) is 0 Å². The maximum absolute atomic E-state index is 8.61. The average molecular weight is 218 g/mol. The molecule has 0 atom stereocenters. The lowest BCUT2D eigenvalue weighted by atomic mass is 10.3. The van der Waals surface area contributed by atoms with Crippen molar-refractivity contribution in [1.29, 1.82) is 5.26 Å². The fraction of sp³-hybridized carbons (Fsp3) is 0.500. The molecule has 0 saturated heterocycles. The number of pyridine rings is 1. The van der Waals surface area contributed by atoms with Crippen LogP contribution >= 0.6 is 0 Å². The quantitative estimate of drug-likeness (QED) is 0.738. The van der Waals surface area contributed by atoms with Gasteiger partial charge in [-0.15, -0.1) is 0 Å². The van der Waals surface area contributed by atoms with Gasteiger partial charge in [-0.1, -0.05) is 0 Å². The highest BCUT2D eigenvalue weighted by Gasteiger charge is 1.95. The molecular formula is C12H18N4. The topological polar surface area (TPSA) is 52.0 Å². The van der Waals surface area contributed by atoms with Crippen molar-refractivity contribution in [3.8, 4) is 6.07 Å². The first-order valence-electron chi connectivity index (χ1n) is 5.47. The Morgan fingerprint density at radius 1 is 1.38 bits per heavy atom. The Kier molecular flexibility index (Phi) is 5.30. The van der Waals surface area contributed by atoms with E-state index in [2.05, 4.69) is 29.3 Å². The highest BCUT2D eigenvalue weighted by atomic mass is 15.0. The van der Waals surface area contributed by atoms with Crippen LogP contribution in [0.5, 0.6) is 0 Å². The number of hydrogen-bond donors (Lipinski definition) is 1. The first kappa shape index (κ1) is 12.5. The lowest BCUT2D eigenvalue weighted by Crippen LogP contribution is -2.14. The maximum atomic E-state index is 8.61. The van der Waals surface area contributed by atoms with Gasteiger partial charge in [0.25, 0.3) is 0 Å². The van der Waals surface area contributed by atoms with Crippen molar-refractivity contribution in [2.75, 3.05) is 32.5 Å². The fourth-order valence-corrected chi connectivity index (χ4v) is 1.33. The molecule has 86 valence electrons. The molecule has 1 heterocycles. The van der Waals surface area contributed by atoms with E-state index in [9.17, 15) is 0 Å². The number of rotatable bonds is 6. The molecule has 4 nitrogen and oxygen atoms in total. The Bertz CT molecular complexity index is 337. The molecule has 0 saturated carbocycles. The van der Waals surface area contributed by atoms with E-state index in [1.54, 1.807) is 12.3 Å². The molecule has 0 fully saturated rings. The minimum absolute atomic E-state index is 0.596. The Balaban J connectivity index is 2.20. The van der Waals surface area contributed by atoms with Crippen LogP contribution in [0.3, 0.4) is 0 Å². The van der Waals surface area contributed by atoms with Crippen molar-refractivity contribution in [2.24, 2.45) is 0 Å². The second-order valence-electron chi connectivity index (χ2n) is 3.98. The van der Waals surface area contributed by atoms with E-state index in [4.69, 9.17) is 5.26 Å². The molecule has 0 aliphatic rings. The Labute approximate surface area is 96.9 Å². The van der Waals surface area contributed by atoms with Gasteiger partial charge in [-0.05, 0) is 45.6 Å². The largest absolute Gasteiger partial charge is 0.370 e. The highest BCUT2D eigenvalue weighted by molar-refractivity contribution is 5.38. The van der Waals surface area contributed by atoms with Crippen molar-refractivity contribution in [2.45, 2.75) is 12.8 Å². The van der Waals surface area contributed by atoms with Gasteiger partial charge < -0.3 is 10.2 Å². The lowest BCUT2D eigenvalue weighted by Gasteiger charge is -2.09. The average Bonchev–Trinajstić information content (AvgIpc) is 2.29. The van der Waals surface area contributed by atoms with Crippen LogP contribution in [-0.4, -0.2) is 37.1 Å². The van der Waals surface area contributed by atoms with E-state index in [0.717, 1.165) is 25.3 Å². The zero-order chi connectivity index (χ0) is 11.8. The summed E-state index contributed by atoms with van der Waals surface area (Å²) in [6.07, 6.45) is 3.89. The first-order chi connectivity index (χ1) is 7.72. The van der Waals surface area contributed by atoms with E-state index in [-0.39, 0.29) is 0 Å². The number of anilines is 1. The lowest BCUT2D eigenvalue weighted by molar-refractivity contribution is 0.396. The molecule has 0 spiro atoms. The molecule has 1 N–H and O–H groups in total. The molecule has 0 unspecified atom stereocenters. The molecule has 0 aliphatic carbocycles. The van der Waals surface area contributed by atoms with Crippen molar-refractivity contribution in [1.82, 2.24) is 9.88 Å². The summed E-state index contributed by atoms with van der Waals surface area (Å²) in [5.74, 6) is 0.837. The number of unbranched alkanes of at least 4 members (excludes halogenated alkanes) is 1. The number of nitriles is 1. The Morgan fingerprint density at radius 3 is 2.75 bits per heavy atom. The second-order valence-corrected chi connectivity index (χ2v) is 3.98. The third kappa shape index (κ3) is 4.76. The summed E-state index contributed by atoms with van der Waals surface area (Å²) in [5.41, 5.74) is 0.596. The maximum Gasteiger partial charge on any atom is 0.125 e. The van der Waals surface area contributed by atoms with Gasteiger partial charge in [0.05, 0.1) is 5.56 Å². The Morgan fingerprint density at radius 2 is 2.19 bits per heavy atom. The molecule has 4 heteroatoms. The standard InChI is InChI=1S/C12H18N4/c1-16(2)8-4-3-7-14-12-6-5-11(9-13)10-15-12/h5-6,10H,3-4,7-8H2,1-2H3,(H,14,15). The fourth-order valence-electron chi connectivity index (χ4n) is 1.33. The third-order valence-corrected chi connectivity index (χ3v) is 2.23. The normalized spacial score (nSPS) is 10.1. The van der Waals surface area contributed by atoms with E-state index in [1.807, 2.05) is 12.1 Å². The zero-order valence-electron chi connectivity index (χ0n) is 9.90. The predicted octanol–water partition coefficient (Wildman–Crippen LogP) is 1.71. The van der Waals surface area contributed by atoms with Gasteiger partial charge in [0.2, 0.25) is 0 Å². The van der Waals surface area contributed by atoms with E-state index in [1.165, 1.54) is 6.42 Å². The Hall–Kier alpha value is -1.60. The van der Waals surface area contributed by atoms with Crippen LogP contribution in [0.25, 0.3) is 0 Å². The van der Waals surface area contributed by atoms with Crippen LogP contribution in [0.4, 0.5) is 5.82 Å². The summed E-state index contributed by atoms with van der Waals surface area (Å²) in [6, 6.07) is 5.66. The third-order valence-electron chi connectivity index (χ3n) is 2.23. The molecule has 0 aromatic carbocycles. The van der Waals surface area contributed by atoms with E-state index >= 15 is 0 Å². The summed E-state index contributed by atoms with van der Waals surface area (Å²) in [5, 5.41) is 11.8. The summed E-state index contributed by atoms with van der Waals surface area (Å²) < 4.78 is 0. The van der Waals surface area contributed by atoms with Crippen molar-refractivity contribution < 1.29 is 0 Å². The van der Waals surface area contributed by atoms with Gasteiger partial charge >= 0.3 is 0 Å². The smallest absolute Gasteiger partial charge is 0.125 e. The molecule has 1 aromatic heterocycles. The minimum atomic E-state index is 0.596. The van der Waals surface area contributed by atoms with Crippen LogP contribution in [0, 0.1) is 11.3 Å².